The number of benzene rings is 2. The lowest BCUT2D eigenvalue weighted by Gasteiger charge is -2.26. The number of aromatic nitrogens is 3. The molecule has 7 heteroatoms. The molecule has 0 saturated carbocycles. The van der Waals surface area contributed by atoms with E-state index in [2.05, 4.69) is 58.7 Å². The van der Waals surface area contributed by atoms with E-state index in [0.717, 1.165) is 23.4 Å². The lowest BCUT2D eigenvalue weighted by atomic mass is 10.2. The number of ether oxygens (including phenoxy) is 1. The van der Waals surface area contributed by atoms with E-state index in [1.54, 1.807) is 6.20 Å². The maximum atomic E-state index is 11.0. The van der Waals surface area contributed by atoms with Crippen molar-refractivity contribution < 1.29 is 14.9 Å². The third-order valence-corrected chi connectivity index (χ3v) is 6.52. The molecule has 2 aromatic heterocycles. The first-order valence-electron chi connectivity index (χ1n) is 12.3. The Balaban J connectivity index is 1.35. The van der Waals surface area contributed by atoms with Gasteiger partial charge < -0.3 is 19.5 Å². The van der Waals surface area contributed by atoms with E-state index in [-0.39, 0.29) is 6.61 Å². The van der Waals surface area contributed by atoms with Crippen molar-refractivity contribution in [3.8, 4) is 5.75 Å². The van der Waals surface area contributed by atoms with E-state index in [4.69, 9.17) is 4.74 Å². The zero-order chi connectivity index (χ0) is 24.6. The summed E-state index contributed by atoms with van der Waals surface area (Å²) >= 11 is 0. The summed E-state index contributed by atoms with van der Waals surface area (Å²) in [5, 5.41) is 25.8. The zero-order valence-electron chi connectivity index (χ0n) is 20.7. The number of nitrogens with zero attached hydrogens (tertiary/aromatic N) is 4. The molecule has 7 nitrogen and oxygen atoms in total. The fraction of sp³-hybridized carbons (Fsp3) is 0.393. The third-order valence-electron chi connectivity index (χ3n) is 6.52. The summed E-state index contributed by atoms with van der Waals surface area (Å²) in [4.78, 5) is 2.21. The van der Waals surface area contributed by atoms with Crippen molar-refractivity contribution >= 4 is 10.9 Å². The standard InChI is InChI=1S/C28H36N4O3/c1-22-23(2)32(28-8-4-3-7-27(22)28)21-25(34)20-30(14-6-17-33)19-24-9-11-26(12-10-24)35-18-16-31-15-5-13-29-31/h3-5,7-13,15,25,33-34H,6,14,16-21H2,1-2H3. The van der Waals surface area contributed by atoms with Crippen LogP contribution in [0.4, 0.5) is 0 Å². The fourth-order valence-corrected chi connectivity index (χ4v) is 4.57. The van der Waals surface area contributed by atoms with Gasteiger partial charge in [-0.05, 0) is 55.7 Å². The summed E-state index contributed by atoms with van der Waals surface area (Å²) in [5.41, 5.74) is 4.76. The van der Waals surface area contributed by atoms with E-state index in [1.807, 2.05) is 35.1 Å². The molecule has 0 radical (unpaired) electrons. The van der Waals surface area contributed by atoms with Crippen LogP contribution in [0.2, 0.25) is 0 Å². The second-order valence-corrected chi connectivity index (χ2v) is 9.07. The minimum atomic E-state index is -0.521. The smallest absolute Gasteiger partial charge is 0.119 e. The van der Waals surface area contributed by atoms with Crippen LogP contribution in [-0.2, 0) is 19.6 Å². The van der Waals surface area contributed by atoms with Crippen LogP contribution in [0.25, 0.3) is 10.9 Å². The van der Waals surface area contributed by atoms with Gasteiger partial charge in [0.15, 0.2) is 0 Å². The molecular formula is C28H36N4O3. The number of fused-ring (bicyclic) bond motifs is 1. The van der Waals surface area contributed by atoms with Crippen LogP contribution in [0.15, 0.2) is 67.0 Å². The molecule has 0 amide bonds. The van der Waals surface area contributed by atoms with E-state index < -0.39 is 6.10 Å². The lowest BCUT2D eigenvalue weighted by molar-refractivity contribution is 0.0909. The molecule has 2 N–H and O–H groups in total. The molecule has 0 bridgehead atoms. The number of rotatable bonds is 13. The quantitative estimate of drug-likeness (QED) is 0.307. The fourth-order valence-electron chi connectivity index (χ4n) is 4.57. The normalized spacial score (nSPS) is 12.5. The first kappa shape index (κ1) is 25.0. The van der Waals surface area contributed by atoms with Crippen LogP contribution in [0, 0.1) is 13.8 Å². The van der Waals surface area contributed by atoms with E-state index in [1.165, 1.54) is 16.6 Å². The highest BCUT2D eigenvalue weighted by molar-refractivity contribution is 5.85. The minimum absolute atomic E-state index is 0.135. The van der Waals surface area contributed by atoms with Gasteiger partial charge in [-0.25, -0.2) is 0 Å². The molecule has 0 fully saturated rings. The van der Waals surface area contributed by atoms with Gasteiger partial charge in [0.25, 0.3) is 0 Å². The first-order valence-corrected chi connectivity index (χ1v) is 12.3. The Morgan fingerprint density at radius 1 is 1.06 bits per heavy atom. The average Bonchev–Trinajstić information content (AvgIpc) is 3.47. The van der Waals surface area contributed by atoms with Gasteiger partial charge in [0, 0.05) is 55.2 Å². The highest BCUT2D eigenvalue weighted by atomic mass is 16.5. The Morgan fingerprint density at radius 2 is 1.86 bits per heavy atom. The molecule has 35 heavy (non-hydrogen) atoms. The van der Waals surface area contributed by atoms with Crippen LogP contribution in [-0.4, -0.2) is 61.9 Å². The second-order valence-electron chi connectivity index (χ2n) is 9.07. The van der Waals surface area contributed by atoms with E-state index in [9.17, 15) is 10.2 Å². The first-order chi connectivity index (χ1) is 17.0. The summed E-state index contributed by atoms with van der Waals surface area (Å²) in [6.07, 6.45) is 3.83. The number of para-hydroxylation sites is 1. The van der Waals surface area contributed by atoms with Gasteiger partial charge in [-0.2, -0.15) is 5.10 Å². The topological polar surface area (TPSA) is 75.7 Å². The highest BCUT2D eigenvalue weighted by Crippen LogP contribution is 2.25. The molecule has 1 atom stereocenters. The molecule has 4 rings (SSSR count). The van der Waals surface area contributed by atoms with E-state index >= 15 is 0 Å². The molecule has 2 heterocycles. The summed E-state index contributed by atoms with van der Waals surface area (Å²) in [7, 11) is 0. The number of aliphatic hydroxyl groups is 2. The van der Waals surface area contributed by atoms with Crippen molar-refractivity contribution in [1.29, 1.82) is 0 Å². The van der Waals surface area contributed by atoms with Crippen LogP contribution in [0.1, 0.15) is 23.2 Å². The average molecular weight is 477 g/mol. The van der Waals surface area contributed by atoms with Crippen LogP contribution in [0.5, 0.6) is 5.75 Å². The van der Waals surface area contributed by atoms with Crippen molar-refractivity contribution in [3.05, 3.63) is 83.8 Å². The lowest BCUT2D eigenvalue weighted by Crippen LogP contribution is -2.35. The zero-order valence-corrected chi connectivity index (χ0v) is 20.7. The molecule has 0 saturated heterocycles. The van der Waals surface area contributed by atoms with Gasteiger partial charge in [-0.15, -0.1) is 0 Å². The summed E-state index contributed by atoms with van der Waals surface area (Å²) in [6.45, 7) is 8.15. The van der Waals surface area contributed by atoms with Crippen molar-refractivity contribution in [2.45, 2.75) is 46.0 Å². The molecule has 0 aliphatic rings. The molecule has 0 aliphatic carbocycles. The molecule has 186 valence electrons. The third kappa shape index (κ3) is 6.51. The Bertz CT molecular complexity index is 1190. The van der Waals surface area contributed by atoms with Gasteiger partial charge in [-0.1, -0.05) is 30.3 Å². The van der Waals surface area contributed by atoms with Crippen LogP contribution < -0.4 is 4.74 Å². The monoisotopic (exact) mass is 476 g/mol. The maximum Gasteiger partial charge on any atom is 0.119 e. The van der Waals surface area contributed by atoms with Crippen LogP contribution >= 0.6 is 0 Å². The molecule has 0 aliphatic heterocycles. The van der Waals surface area contributed by atoms with Gasteiger partial charge >= 0.3 is 0 Å². The Kier molecular flexibility index (Phi) is 8.58. The SMILES string of the molecule is Cc1c(C)n(CC(O)CN(CCCO)Cc2ccc(OCCn3cccn3)cc2)c2ccccc12. The maximum absolute atomic E-state index is 11.0. The molecular weight excluding hydrogens is 440 g/mol. The molecule has 1 unspecified atom stereocenters. The predicted molar refractivity (Wildman–Crippen MR) is 139 cm³/mol. The Labute approximate surface area is 207 Å². The van der Waals surface area contributed by atoms with Crippen LogP contribution in [0.3, 0.4) is 0 Å². The minimum Gasteiger partial charge on any atom is -0.492 e. The van der Waals surface area contributed by atoms with Crippen molar-refractivity contribution in [1.82, 2.24) is 19.2 Å². The van der Waals surface area contributed by atoms with Crippen molar-refractivity contribution in [3.63, 3.8) is 0 Å². The number of hydrogen-bond acceptors (Lipinski definition) is 5. The molecule has 0 spiro atoms. The Morgan fingerprint density at radius 3 is 2.60 bits per heavy atom. The number of aliphatic hydroxyl groups excluding tert-OH is 2. The summed E-state index contributed by atoms with van der Waals surface area (Å²) < 4.78 is 9.90. The Hall–Kier alpha value is -3.13. The van der Waals surface area contributed by atoms with Crippen molar-refractivity contribution in [2.75, 3.05) is 26.3 Å². The second kappa shape index (κ2) is 12.0. The van der Waals surface area contributed by atoms with Gasteiger partial charge in [0.2, 0.25) is 0 Å². The van der Waals surface area contributed by atoms with E-state index in [0.29, 0.717) is 39.2 Å². The predicted octanol–water partition coefficient (Wildman–Crippen LogP) is 3.78. The van der Waals surface area contributed by atoms with Gasteiger partial charge in [-0.3, -0.25) is 9.58 Å². The molecule has 4 aromatic rings. The largest absolute Gasteiger partial charge is 0.492 e. The summed E-state index contributed by atoms with van der Waals surface area (Å²) in [6, 6.07) is 18.3. The van der Waals surface area contributed by atoms with Gasteiger partial charge in [0.05, 0.1) is 19.2 Å². The van der Waals surface area contributed by atoms with Crippen molar-refractivity contribution in [2.24, 2.45) is 0 Å². The summed E-state index contributed by atoms with van der Waals surface area (Å²) in [5.74, 6) is 0.827. The number of hydrogen-bond donors (Lipinski definition) is 2. The van der Waals surface area contributed by atoms with Gasteiger partial charge in [0.1, 0.15) is 12.4 Å². The highest BCUT2D eigenvalue weighted by Gasteiger charge is 2.17. The number of aryl methyl sites for hydroxylation is 1. The molecule has 2 aromatic carbocycles.